The number of hydrogen-bond donors (Lipinski definition) is 0. The molecule has 0 aliphatic rings. The van der Waals surface area contributed by atoms with E-state index in [1.54, 1.807) is 6.07 Å². The van der Waals surface area contributed by atoms with Gasteiger partial charge in [-0.15, -0.1) is 0 Å². The number of nitrogens with zero attached hydrogens (tertiary/aromatic N) is 6. The largest absolute Gasteiger partial charge is 0.444 e. The van der Waals surface area contributed by atoms with E-state index >= 15 is 0 Å². The van der Waals surface area contributed by atoms with Gasteiger partial charge in [-0.3, -0.25) is 0 Å². The van der Waals surface area contributed by atoms with Crippen LogP contribution in [0.15, 0.2) is 9.15 Å². The average Bonchev–Trinajstić information content (AvgIpc) is 2.82. The number of nitriles is 2. The Kier molecular flexibility index (Phi) is 1.78. The second kappa shape index (κ2) is 3.08. The highest BCUT2D eigenvalue weighted by Gasteiger charge is 2.23. The highest BCUT2D eigenvalue weighted by atomic mass is 16.7. The van der Waals surface area contributed by atoms with Crippen LogP contribution in [0.25, 0.3) is 11.6 Å². The third-order valence-corrected chi connectivity index (χ3v) is 1.45. The third-order valence-electron chi connectivity index (χ3n) is 1.45. The standard InChI is InChI=1S/C6N6O3/c7-1-3-5(11-15-10-3)6-9-4(2-8)12(13)14-6. The van der Waals surface area contributed by atoms with Crippen LogP contribution in [-0.4, -0.2) is 15.3 Å². The van der Waals surface area contributed by atoms with Crippen LogP contribution in [0.2, 0.25) is 0 Å². The number of rotatable bonds is 1. The minimum absolute atomic E-state index is 0.0921. The maximum atomic E-state index is 10.9. The molecule has 0 amide bonds. The summed E-state index contributed by atoms with van der Waals surface area (Å²) in [6, 6.07) is 3.16. The van der Waals surface area contributed by atoms with E-state index in [1.165, 1.54) is 6.07 Å². The van der Waals surface area contributed by atoms with Gasteiger partial charge >= 0.3 is 5.82 Å². The van der Waals surface area contributed by atoms with Gasteiger partial charge in [-0.1, -0.05) is 0 Å². The predicted octanol–water partition coefficient (Wildman–Crippen LogP) is -0.899. The summed E-state index contributed by atoms with van der Waals surface area (Å²) in [5.74, 6) is -0.781. The predicted molar refractivity (Wildman–Crippen MR) is 38.2 cm³/mol. The average molecular weight is 204 g/mol. The van der Waals surface area contributed by atoms with Gasteiger partial charge in [0.05, 0.1) is 0 Å². The Bertz CT molecular complexity index is 585. The van der Waals surface area contributed by atoms with Crippen LogP contribution >= 0.6 is 0 Å². The summed E-state index contributed by atoms with van der Waals surface area (Å²) in [5.41, 5.74) is -0.301. The highest BCUT2D eigenvalue weighted by Crippen LogP contribution is 2.16. The molecule has 0 N–H and O–H groups in total. The molecule has 0 saturated heterocycles. The quantitative estimate of drug-likeness (QED) is 0.544. The Hall–Kier alpha value is -2.94. The maximum Gasteiger partial charge on any atom is 0.444 e. The van der Waals surface area contributed by atoms with Crippen molar-refractivity contribution in [1.29, 1.82) is 10.5 Å². The third kappa shape index (κ3) is 1.24. The van der Waals surface area contributed by atoms with Gasteiger partial charge in [-0.2, -0.15) is 10.5 Å². The highest BCUT2D eigenvalue weighted by molar-refractivity contribution is 5.53. The molecule has 0 aliphatic heterocycles. The van der Waals surface area contributed by atoms with Gasteiger partial charge in [0.15, 0.2) is 6.07 Å². The molecule has 0 saturated carbocycles. The Morgan fingerprint density at radius 1 is 1.27 bits per heavy atom. The van der Waals surface area contributed by atoms with Crippen LogP contribution in [0, 0.1) is 27.9 Å². The van der Waals surface area contributed by atoms with Crippen LogP contribution in [0.5, 0.6) is 0 Å². The van der Waals surface area contributed by atoms with Crippen molar-refractivity contribution in [3.05, 3.63) is 16.7 Å². The van der Waals surface area contributed by atoms with Gasteiger partial charge in [0, 0.05) is 0 Å². The van der Waals surface area contributed by atoms with Gasteiger partial charge in [0.25, 0.3) is 5.89 Å². The lowest BCUT2D eigenvalue weighted by Gasteiger charge is -1.84. The fourth-order valence-electron chi connectivity index (χ4n) is 0.843. The van der Waals surface area contributed by atoms with Crippen molar-refractivity contribution in [2.75, 3.05) is 0 Å². The van der Waals surface area contributed by atoms with Crippen molar-refractivity contribution in [1.82, 2.24) is 15.3 Å². The minimum atomic E-state index is -0.489. The topological polar surface area (TPSA) is 139 Å². The zero-order chi connectivity index (χ0) is 10.8. The van der Waals surface area contributed by atoms with Crippen LogP contribution in [0.1, 0.15) is 11.5 Å². The molecular formula is C6N6O3. The second-order valence-corrected chi connectivity index (χ2v) is 2.27. The molecule has 15 heavy (non-hydrogen) atoms. The summed E-state index contributed by atoms with van der Waals surface area (Å²) in [5, 5.41) is 34.4. The van der Waals surface area contributed by atoms with Crippen LogP contribution in [-0.2, 0) is 0 Å². The summed E-state index contributed by atoms with van der Waals surface area (Å²) in [6.07, 6.45) is 0. The molecule has 0 unspecified atom stereocenters. The molecule has 0 fully saturated rings. The molecule has 0 aromatic carbocycles. The maximum absolute atomic E-state index is 10.9. The normalized spacial score (nSPS) is 9.47. The summed E-state index contributed by atoms with van der Waals surface area (Å²) in [4.78, 5) is 3.40. The fourth-order valence-corrected chi connectivity index (χ4v) is 0.843. The van der Waals surface area contributed by atoms with E-state index < -0.39 is 5.82 Å². The molecule has 9 nitrogen and oxygen atoms in total. The monoisotopic (exact) mass is 204 g/mol. The van der Waals surface area contributed by atoms with E-state index in [9.17, 15) is 5.21 Å². The Balaban J connectivity index is 2.57. The molecule has 72 valence electrons. The van der Waals surface area contributed by atoms with E-state index in [1.807, 2.05) is 0 Å². The molecule has 9 heteroatoms. The lowest BCUT2D eigenvalue weighted by molar-refractivity contribution is -0.793. The first kappa shape index (κ1) is 8.65. The molecule has 0 aliphatic carbocycles. The zero-order valence-electron chi connectivity index (χ0n) is 6.91. The molecule has 2 aromatic heterocycles. The van der Waals surface area contributed by atoms with Crippen molar-refractivity contribution >= 4 is 0 Å². The first-order valence-electron chi connectivity index (χ1n) is 3.50. The first-order chi connectivity index (χ1) is 7.26. The van der Waals surface area contributed by atoms with Crippen molar-refractivity contribution < 1.29 is 14.1 Å². The van der Waals surface area contributed by atoms with E-state index in [-0.39, 0.29) is 22.2 Å². The molecule has 2 heterocycles. The summed E-state index contributed by atoms with van der Waals surface area (Å²) in [7, 11) is 0. The lowest BCUT2D eigenvalue weighted by Crippen LogP contribution is -2.26. The van der Waals surface area contributed by atoms with Gasteiger partial charge in [0.2, 0.25) is 11.4 Å². The molecule has 2 aromatic rings. The van der Waals surface area contributed by atoms with Gasteiger partial charge in [0.1, 0.15) is 6.07 Å². The van der Waals surface area contributed by atoms with Gasteiger partial charge in [-0.25, -0.2) is 4.63 Å². The number of hydrogen-bond acceptors (Lipinski definition) is 8. The minimum Gasteiger partial charge on any atom is -0.390 e. The Labute approximate surface area is 81.3 Å². The zero-order valence-corrected chi connectivity index (χ0v) is 6.91. The first-order valence-corrected chi connectivity index (χ1v) is 3.50. The Morgan fingerprint density at radius 2 is 2.07 bits per heavy atom. The number of aromatic nitrogens is 4. The van der Waals surface area contributed by atoms with Crippen molar-refractivity contribution in [3.8, 4) is 23.7 Å². The summed E-state index contributed by atoms with van der Waals surface area (Å²) >= 11 is 0. The molecule has 0 bridgehead atoms. The van der Waals surface area contributed by atoms with Gasteiger partial charge < -0.3 is 9.73 Å². The summed E-state index contributed by atoms with van der Waals surface area (Å²) < 4.78 is 8.76. The summed E-state index contributed by atoms with van der Waals surface area (Å²) in [6.45, 7) is 0. The van der Waals surface area contributed by atoms with E-state index in [2.05, 4.69) is 24.4 Å². The molecule has 2 rings (SSSR count). The fraction of sp³-hybridized carbons (Fsp3) is 0. The van der Waals surface area contributed by atoms with E-state index in [4.69, 9.17) is 10.5 Å². The van der Waals surface area contributed by atoms with Crippen molar-refractivity contribution in [3.63, 3.8) is 0 Å². The van der Waals surface area contributed by atoms with Crippen LogP contribution < -0.4 is 4.90 Å². The Morgan fingerprint density at radius 3 is 2.67 bits per heavy atom. The molecule has 0 atom stereocenters. The van der Waals surface area contributed by atoms with E-state index in [0.29, 0.717) is 0 Å². The van der Waals surface area contributed by atoms with E-state index in [0.717, 1.165) is 0 Å². The SMILES string of the molecule is N#Cc1nonc1-c1nc(C#N)[n+]([O-])o1. The molecular weight excluding hydrogens is 204 g/mol. The van der Waals surface area contributed by atoms with Crippen molar-refractivity contribution in [2.45, 2.75) is 0 Å². The van der Waals surface area contributed by atoms with Gasteiger partial charge in [-0.05, 0) is 20.2 Å². The van der Waals surface area contributed by atoms with Crippen LogP contribution in [0.4, 0.5) is 0 Å². The van der Waals surface area contributed by atoms with Crippen molar-refractivity contribution in [2.24, 2.45) is 0 Å². The second-order valence-electron chi connectivity index (χ2n) is 2.27. The molecule has 0 radical (unpaired) electrons. The van der Waals surface area contributed by atoms with Crippen LogP contribution in [0.3, 0.4) is 0 Å². The molecule has 0 spiro atoms. The smallest absolute Gasteiger partial charge is 0.390 e. The lowest BCUT2D eigenvalue weighted by atomic mass is 10.3.